The fourth-order valence-corrected chi connectivity index (χ4v) is 1.28. The van der Waals surface area contributed by atoms with Gasteiger partial charge in [-0.25, -0.2) is 4.99 Å². The number of hydrogen-bond acceptors (Lipinski definition) is 3. The zero-order valence-corrected chi connectivity index (χ0v) is 7.14. The molecular weight excluding hydrogens is 164 g/mol. The molecule has 0 bridgehead atoms. The van der Waals surface area contributed by atoms with Gasteiger partial charge in [-0.3, -0.25) is 4.99 Å². The highest BCUT2D eigenvalue weighted by Gasteiger charge is 2.04. The van der Waals surface area contributed by atoms with Gasteiger partial charge in [0.2, 0.25) is 0 Å². The smallest absolute Gasteiger partial charge is 0.115 e. The summed E-state index contributed by atoms with van der Waals surface area (Å²) >= 11 is 0. The van der Waals surface area contributed by atoms with E-state index in [1.54, 1.807) is 18.5 Å². The molecule has 1 heterocycles. The second-order valence-corrected chi connectivity index (χ2v) is 2.89. The van der Waals surface area contributed by atoms with Crippen LogP contribution in [0.3, 0.4) is 0 Å². The average Bonchev–Trinajstić information content (AvgIpc) is 2.20. The summed E-state index contributed by atoms with van der Waals surface area (Å²) in [6.45, 7) is 0.805. The number of hydrogen-bond donors (Lipinski definition) is 1. The number of aliphatic imine (C=N–C) groups is 2. The number of phenolic OH excluding ortho intramolecular Hbond substituents is 1. The summed E-state index contributed by atoms with van der Waals surface area (Å²) in [5, 5.41) is 9.09. The second kappa shape index (κ2) is 3.39. The van der Waals surface area contributed by atoms with Crippen molar-refractivity contribution < 1.29 is 5.11 Å². The molecule has 0 unspecified atom stereocenters. The van der Waals surface area contributed by atoms with E-state index in [0.717, 1.165) is 24.2 Å². The maximum absolute atomic E-state index is 9.09. The quantitative estimate of drug-likeness (QED) is 0.690. The Morgan fingerprint density at radius 1 is 1.15 bits per heavy atom. The summed E-state index contributed by atoms with van der Waals surface area (Å²) in [5.74, 6) is 0.286. The first-order valence-electron chi connectivity index (χ1n) is 4.20. The van der Waals surface area contributed by atoms with E-state index in [2.05, 4.69) is 9.98 Å². The highest BCUT2D eigenvalue weighted by atomic mass is 16.3. The summed E-state index contributed by atoms with van der Waals surface area (Å²) in [5.41, 5.74) is 2.10. The van der Waals surface area contributed by atoms with Crippen molar-refractivity contribution in [2.45, 2.75) is 6.42 Å². The minimum atomic E-state index is 0.286. The van der Waals surface area contributed by atoms with Gasteiger partial charge in [0.05, 0.1) is 5.71 Å². The van der Waals surface area contributed by atoms with Crippen LogP contribution < -0.4 is 0 Å². The van der Waals surface area contributed by atoms with Gasteiger partial charge in [0.15, 0.2) is 0 Å². The first-order chi connectivity index (χ1) is 6.36. The highest BCUT2D eigenvalue weighted by molar-refractivity contribution is 6.05. The van der Waals surface area contributed by atoms with E-state index in [1.165, 1.54) is 0 Å². The zero-order chi connectivity index (χ0) is 9.10. The van der Waals surface area contributed by atoms with Gasteiger partial charge in [-0.2, -0.15) is 0 Å². The van der Waals surface area contributed by atoms with E-state index in [-0.39, 0.29) is 5.75 Å². The van der Waals surface area contributed by atoms with E-state index in [1.807, 2.05) is 12.1 Å². The fraction of sp³-hybridized carbons (Fsp3) is 0.200. The number of benzene rings is 1. The zero-order valence-electron chi connectivity index (χ0n) is 7.14. The molecule has 66 valence electrons. The van der Waals surface area contributed by atoms with E-state index >= 15 is 0 Å². The van der Waals surface area contributed by atoms with Crippen molar-refractivity contribution in [2.75, 3.05) is 6.54 Å². The Kier molecular flexibility index (Phi) is 2.08. The van der Waals surface area contributed by atoms with E-state index in [0.29, 0.717) is 0 Å². The molecule has 0 spiro atoms. The predicted octanol–water partition coefficient (Wildman–Crippen LogP) is 1.61. The number of nitrogens with zero attached hydrogens (tertiary/aromatic N) is 2. The summed E-state index contributed by atoms with van der Waals surface area (Å²) in [6.07, 6.45) is 2.47. The van der Waals surface area contributed by atoms with Crippen LogP contribution in [0.2, 0.25) is 0 Å². The molecule has 1 aromatic rings. The van der Waals surface area contributed by atoms with E-state index in [4.69, 9.17) is 5.11 Å². The Hall–Kier alpha value is -1.64. The topological polar surface area (TPSA) is 45.0 Å². The fourth-order valence-electron chi connectivity index (χ4n) is 1.28. The van der Waals surface area contributed by atoms with Crippen LogP contribution in [-0.4, -0.2) is 23.7 Å². The molecule has 0 fully saturated rings. The lowest BCUT2D eigenvalue weighted by Crippen LogP contribution is -2.06. The standard InChI is InChI=1S/C10H10N2O/c13-9-3-1-8(2-4-9)10-5-6-11-7-12-10/h1-4,7,13H,5-6H2. The van der Waals surface area contributed by atoms with Gasteiger partial charge in [0.25, 0.3) is 0 Å². The normalized spacial score (nSPS) is 15.5. The van der Waals surface area contributed by atoms with Crippen LogP contribution in [-0.2, 0) is 0 Å². The molecule has 0 amide bonds. The lowest BCUT2D eigenvalue weighted by molar-refractivity contribution is 0.475. The van der Waals surface area contributed by atoms with Crippen LogP contribution in [0.15, 0.2) is 34.3 Å². The third-order valence-electron chi connectivity index (χ3n) is 1.97. The SMILES string of the molecule is Oc1ccc(C2=NC=NCC2)cc1. The Morgan fingerprint density at radius 2 is 1.92 bits per heavy atom. The van der Waals surface area contributed by atoms with E-state index in [9.17, 15) is 0 Å². The molecule has 3 heteroatoms. The minimum Gasteiger partial charge on any atom is -0.508 e. The van der Waals surface area contributed by atoms with Crippen LogP contribution in [0.5, 0.6) is 5.75 Å². The minimum absolute atomic E-state index is 0.286. The van der Waals surface area contributed by atoms with Gasteiger partial charge in [0, 0.05) is 13.0 Å². The van der Waals surface area contributed by atoms with Crippen LogP contribution in [0.4, 0.5) is 0 Å². The maximum atomic E-state index is 9.09. The molecule has 0 aliphatic carbocycles. The predicted molar refractivity (Wildman–Crippen MR) is 52.6 cm³/mol. The van der Waals surface area contributed by atoms with Crippen LogP contribution in [0.25, 0.3) is 0 Å². The first-order valence-corrected chi connectivity index (χ1v) is 4.20. The Bertz CT molecular complexity index is 352. The van der Waals surface area contributed by atoms with Crippen LogP contribution in [0, 0.1) is 0 Å². The molecule has 0 radical (unpaired) electrons. The summed E-state index contributed by atoms with van der Waals surface area (Å²) in [6, 6.07) is 7.08. The molecule has 0 aromatic heterocycles. The highest BCUT2D eigenvalue weighted by Crippen LogP contribution is 2.12. The van der Waals surface area contributed by atoms with Gasteiger partial charge in [-0.05, 0) is 29.8 Å². The van der Waals surface area contributed by atoms with Crippen LogP contribution >= 0.6 is 0 Å². The lowest BCUT2D eigenvalue weighted by atomic mass is 10.1. The molecule has 1 aromatic carbocycles. The monoisotopic (exact) mass is 174 g/mol. The molecule has 2 rings (SSSR count). The Labute approximate surface area is 76.5 Å². The van der Waals surface area contributed by atoms with Crippen molar-refractivity contribution in [3.63, 3.8) is 0 Å². The van der Waals surface area contributed by atoms with Crippen molar-refractivity contribution in [2.24, 2.45) is 9.98 Å². The van der Waals surface area contributed by atoms with Crippen molar-refractivity contribution in [1.29, 1.82) is 0 Å². The van der Waals surface area contributed by atoms with Gasteiger partial charge < -0.3 is 5.11 Å². The second-order valence-electron chi connectivity index (χ2n) is 2.89. The molecule has 1 N–H and O–H groups in total. The summed E-state index contributed by atoms with van der Waals surface area (Å²) in [4.78, 5) is 8.18. The first kappa shape index (κ1) is 7.98. The number of rotatable bonds is 1. The molecule has 0 saturated carbocycles. The molecule has 3 nitrogen and oxygen atoms in total. The largest absolute Gasteiger partial charge is 0.508 e. The third-order valence-corrected chi connectivity index (χ3v) is 1.97. The number of phenols is 1. The third kappa shape index (κ3) is 1.75. The molecule has 1 aliphatic heterocycles. The molecule has 0 atom stereocenters. The molecular formula is C10H10N2O. The van der Waals surface area contributed by atoms with Gasteiger partial charge in [-0.1, -0.05) is 0 Å². The maximum Gasteiger partial charge on any atom is 0.115 e. The molecule has 13 heavy (non-hydrogen) atoms. The summed E-state index contributed by atoms with van der Waals surface area (Å²) < 4.78 is 0. The van der Waals surface area contributed by atoms with Crippen molar-refractivity contribution in [1.82, 2.24) is 0 Å². The van der Waals surface area contributed by atoms with Gasteiger partial charge >= 0.3 is 0 Å². The lowest BCUT2D eigenvalue weighted by Gasteiger charge is -2.06. The molecule has 0 saturated heterocycles. The Balaban J connectivity index is 2.30. The van der Waals surface area contributed by atoms with Gasteiger partial charge in [-0.15, -0.1) is 0 Å². The average molecular weight is 174 g/mol. The summed E-state index contributed by atoms with van der Waals surface area (Å²) in [7, 11) is 0. The van der Waals surface area contributed by atoms with Crippen molar-refractivity contribution in [3.8, 4) is 5.75 Å². The van der Waals surface area contributed by atoms with Crippen LogP contribution in [0.1, 0.15) is 12.0 Å². The molecule has 1 aliphatic rings. The number of aromatic hydroxyl groups is 1. The van der Waals surface area contributed by atoms with Crippen molar-refractivity contribution >= 4 is 12.1 Å². The van der Waals surface area contributed by atoms with E-state index < -0.39 is 0 Å². The Morgan fingerprint density at radius 3 is 2.54 bits per heavy atom. The van der Waals surface area contributed by atoms with Gasteiger partial charge in [0.1, 0.15) is 12.1 Å². The van der Waals surface area contributed by atoms with Crippen molar-refractivity contribution in [3.05, 3.63) is 29.8 Å².